The summed E-state index contributed by atoms with van der Waals surface area (Å²) in [4.78, 5) is 36.0. The fraction of sp³-hybridized carbons (Fsp3) is 0.471. The number of hydrogen-bond donors (Lipinski definition) is 2. The Balaban J connectivity index is 2.26. The Hall–Kier alpha value is -2.57. The second-order valence-corrected chi connectivity index (χ2v) is 6.19. The van der Waals surface area contributed by atoms with Gasteiger partial charge in [-0.1, -0.05) is 26.0 Å². The van der Waals surface area contributed by atoms with Gasteiger partial charge in [0.2, 0.25) is 5.91 Å². The smallest absolute Gasteiger partial charge is 0.329 e. The van der Waals surface area contributed by atoms with E-state index in [9.17, 15) is 19.5 Å². The lowest BCUT2D eigenvalue weighted by atomic mass is 10.0. The average Bonchev–Trinajstić information content (AvgIpc) is 2.78. The van der Waals surface area contributed by atoms with E-state index in [0.29, 0.717) is 18.5 Å². The van der Waals surface area contributed by atoms with Crippen molar-refractivity contribution in [3.63, 3.8) is 0 Å². The average molecular weight is 333 g/mol. The topological polar surface area (TPSA) is 93.3 Å². The van der Waals surface area contributed by atoms with Crippen LogP contribution in [0.4, 0.5) is 0 Å². The van der Waals surface area contributed by atoms with Gasteiger partial charge in [-0.05, 0) is 31.4 Å². The van der Waals surface area contributed by atoms with Crippen LogP contribution in [-0.4, -0.2) is 32.2 Å². The first-order chi connectivity index (χ1) is 11.3. The number of nitrogens with one attached hydrogen (secondary N) is 1. The summed E-state index contributed by atoms with van der Waals surface area (Å²) in [6.45, 7) is 5.94. The minimum Gasteiger partial charge on any atom is -0.480 e. The van der Waals surface area contributed by atoms with E-state index >= 15 is 0 Å². The van der Waals surface area contributed by atoms with Crippen LogP contribution < -0.4 is 11.0 Å². The van der Waals surface area contributed by atoms with Crippen LogP contribution in [0.25, 0.3) is 11.0 Å². The Morgan fingerprint density at radius 1 is 1.17 bits per heavy atom. The first-order valence-corrected chi connectivity index (χ1v) is 8.05. The summed E-state index contributed by atoms with van der Waals surface area (Å²) >= 11 is 0. The van der Waals surface area contributed by atoms with Gasteiger partial charge in [0.05, 0.1) is 11.0 Å². The molecule has 130 valence electrons. The van der Waals surface area contributed by atoms with Gasteiger partial charge < -0.3 is 10.4 Å². The minimum absolute atomic E-state index is 0.135. The largest absolute Gasteiger partial charge is 0.480 e. The first kappa shape index (κ1) is 17.8. The number of rotatable bonds is 7. The lowest BCUT2D eigenvalue weighted by Gasteiger charge is -2.16. The van der Waals surface area contributed by atoms with Crippen molar-refractivity contribution in [3.05, 3.63) is 34.7 Å². The van der Waals surface area contributed by atoms with Crippen LogP contribution in [-0.2, 0) is 22.7 Å². The molecular formula is C17H23N3O4. The summed E-state index contributed by atoms with van der Waals surface area (Å²) in [5.74, 6) is -1.42. The molecule has 1 amide bonds. The predicted molar refractivity (Wildman–Crippen MR) is 90.9 cm³/mol. The van der Waals surface area contributed by atoms with Crippen molar-refractivity contribution >= 4 is 22.9 Å². The van der Waals surface area contributed by atoms with Crippen molar-refractivity contribution in [1.82, 2.24) is 14.5 Å². The lowest BCUT2D eigenvalue weighted by Crippen LogP contribution is -2.44. The molecule has 2 N–H and O–H groups in total. The number of carbonyl (C=O) groups is 2. The molecule has 1 aromatic carbocycles. The Kier molecular flexibility index (Phi) is 5.43. The maximum absolute atomic E-state index is 12.5. The molecule has 24 heavy (non-hydrogen) atoms. The van der Waals surface area contributed by atoms with Crippen molar-refractivity contribution in [3.8, 4) is 0 Å². The molecule has 0 aliphatic rings. The zero-order chi connectivity index (χ0) is 17.9. The molecule has 0 spiro atoms. The standard InChI is InChI=1S/C17H23N3O4/c1-4-19-13-7-5-6-8-14(13)20(17(19)24)10-15(21)18-12(16(22)23)9-11(2)3/h5-8,11-12H,4,9-10H2,1-3H3,(H,18,21)(H,22,23). The molecule has 1 atom stereocenters. The Morgan fingerprint density at radius 2 is 1.75 bits per heavy atom. The zero-order valence-corrected chi connectivity index (χ0v) is 14.2. The SMILES string of the molecule is CCn1c(=O)n(CC(=O)NC(CC(C)C)C(=O)O)c2ccccc21. The number of nitrogens with zero attached hydrogens (tertiary/aromatic N) is 2. The molecule has 0 aliphatic heterocycles. The van der Waals surface area contributed by atoms with Crippen LogP contribution in [0.2, 0.25) is 0 Å². The maximum Gasteiger partial charge on any atom is 0.329 e. The van der Waals surface area contributed by atoms with E-state index in [1.165, 1.54) is 4.57 Å². The van der Waals surface area contributed by atoms with Crippen LogP contribution >= 0.6 is 0 Å². The number of imidazole rings is 1. The highest BCUT2D eigenvalue weighted by Gasteiger charge is 2.22. The second-order valence-electron chi connectivity index (χ2n) is 6.19. The Labute approximate surface area is 139 Å². The molecule has 1 aromatic heterocycles. The molecule has 7 nitrogen and oxygen atoms in total. The van der Waals surface area contributed by atoms with Gasteiger partial charge in [-0.3, -0.25) is 13.9 Å². The van der Waals surface area contributed by atoms with Gasteiger partial charge in [0.15, 0.2) is 0 Å². The number of aliphatic carboxylic acids is 1. The zero-order valence-electron chi connectivity index (χ0n) is 14.2. The summed E-state index contributed by atoms with van der Waals surface area (Å²) in [6, 6.07) is 6.29. The van der Waals surface area contributed by atoms with Crippen LogP contribution in [0.3, 0.4) is 0 Å². The molecule has 0 aliphatic carbocycles. The van der Waals surface area contributed by atoms with E-state index in [-0.39, 0.29) is 18.2 Å². The highest BCUT2D eigenvalue weighted by Crippen LogP contribution is 2.12. The van der Waals surface area contributed by atoms with Crippen LogP contribution in [0.1, 0.15) is 27.2 Å². The fourth-order valence-electron chi connectivity index (χ4n) is 2.81. The van der Waals surface area contributed by atoms with Gasteiger partial charge in [0.25, 0.3) is 0 Å². The van der Waals surface area contributed by atoms with E-state index in [2.05, 4.69) is 5.32 Å². The monoisotopic (exact) mass is 333 g/mol. The molecule has 0 fully saturated rings. The van der Waals surface area contributed by atoms with E-state index < -0.39 is 17.9 Å². The van der Waals surface area contributed by atoms with Crippen LogP contribution in [0.5, 0.6) is 0 Å². The third-order valence-electron chi connectivity index (χ3n) is 3.88. The quantitative estimate of drug-likeness (QED) is 0.802. The van der Waals surface area contributed by atoms with Gasteiger partial charge in [0, 0.05) is 6.54 Å². The van der Waals surface area contributed by atoms with Gasteiger partial charge in [-0.2, -0.15) is 0 Å². The summed E-state index contributed by atoms with van der Waals surface area (Å²) in [5, 5.41) is 11.7. The van der Waals surface area contributed by atoms with Crippen LogP contribution in [0, 0.1) is 5.92 Å². The number of aryl methyl sites for hydroxylation is 1. The third kappa shape index (κ3) is 3.67. The molecule has 2 aromatic rings. The predicted octanol–water partition coefficient (Wildman–Crippen LogP) is 1.44. The molecule has 0 radical (unpaired) electrons. The van der Waals surface area contributed by atoms with E-state index in [1.54, 1.807) is 16.7 Å². The summed E-state index contributed by atoms with van der Waals surface area (Å²) in [6.07, 6.45) is 0.340. The number of carboxylic acid groups (broad SMARTS) is 1. The number of benzene rings is 1. The molecule has 0 saturated heterocycles. The van der Waals surface area contributed by atoms with Gasteiger partial charge in [-0.15, -0.1) is 0 Å². The third-order valence-corrected chi connectivity index (χ3v) is 3.88. The number of para-hydroxylation sites is 2. The summed E-state index contributed by atoms with van der Waals surface area (Å²) in [7, 11) is 0. The number of hydrogen-bond acceptors (Lipinski definition) is 3. The van der Waals surface area contributed by atoms with E-state index in [4.69, 9.17) is 0 Å². The van der Waals surface area contributed by atoms with Crippen molar-refractivity contribution in [1.29, 1.82) is 0 Å². The number of fused-ring (bicyclic) bond motifs is 1. The van der Waals surface area contributed by atoms with E-state index in [1.807, 2.05) is 32.9 Å². The number of carboxylic acids is 1. The molecular weight excluding hydrogens is 310 g/mol. The van der Waals surface area contributed by atoms with Crippen LogP contribution in [0.15, 0.2) is 29.1 Å². The highest BCUT2D eigenvalue weighted by atomic mass is 16.4. The molecule has 1 unspecified atom stereocenters. The van der Waals surface area contributed by atoms with Gasteiger partial charge >= 0.3 is 11.7 Å². The second kappa shape index (κ2) is 7.33. The molecule has 0 saturated carbocycles. The fourth-order valence-corrected chi connectivity index (χ4v) is 2.81. The van der Waals surface area contributed by atoms with Crippen molar-refractivity contribution < 1.29 is 14.7 Å². The Morgan fingerprint density at radius 3 is 2.25 bits per heavy atom. The Bertz CT molecular complexity index is 804. The van der Waals surface area contributed by atoms with Crippen molar-refractivity contribution in [2.24, 2.45) is 5.92 Å². The van der Waals surface area contributed by atoms with E-state index in [0.717, 1.165) is 5.52 Å². The maximum atomic E-state index is 12.5. The highest BCUT2D eigenvalue weighted by molar-refractivity contribution is 5.85. The first-order valence-electron chi connectivity index (χ1n) is 8.05. The summed E-state index contributed by atoms with van der Waals surface area (Å²) < 4.78 is 2.97. The lowest BCUT2D eigenvalue weighted by molar-refractivity contribution is -0.142. The van der Waals surface area contributed by atoms with Crippen molar-refractivity contribution in [2.45, 2.75) is 46.3 Å². The summed E-state index contributed by atoms with van der Waals surface area (Å²) in [5.41, 5.74) is 1.15. The number of carbonyl (C=O) groups excluding carboxylic acids is 1. The van der Waals surface area contributed by atoms with Gasteiger partial charge in [-0.25, -0.2) is 9.59 Å². The number of amides is 1. The van der Waals surface area contributed by atoms with Crippen molar-refractivity contribution in [2.75, 3.05) is 0 Å². The number of aromatic nitrogens is 2. The molecule has 7 heteroatoms. The van der Waals surface area contributed by atoms with Gasteiger partial charge in [0.1, 0.15) is 12.6 Å². The molecule has 0 bridgehead atoms. The minimum atomic E-state index is -1.07. The normalized spacial score (nSPS) is 12.5. The molecule has 2 rings (SSSR count). The molecule has 1 heterocycles.